The summed E-state index contributed by atoms with van der Waals surface area (Å²) < 4.78 is 40.2. The van der Waals surface area contributed by atoms with E-state index in [9.17, 15) is 13.2 Å². The predicted octanol–water partition coefficient (Wildman–Crippen LogP) is 5.44. The van der Waals surface area contributed by atoms with Gasteiger partial charge in [-0.15, -0.1) is 13.2 Å². The fourth-order valence-corrected chi connectivity index (χ4v) is 2.18. The maximum atomic E-state index is 12.1. The van der Waals surface area contributed by atoms with Crippen LogP contribution in [0.25, 0.3) is 11.1 Å². The number of aromatic nitrogens is 2. The highest BCUT2D eigenvalue weighted by atomic mass is 35.5. The third-order valence-corrected chi connectivity index (χ3v) is 3.43. The number of rotatable bonds is 4. The monoisotopic (exact) mass is 365 g/mol. The lowest BCUT2D eigenvalue weighted by atomic mass is 10.1. The van der Waals surface area contributed by atoms with Crippen LogP contribution in [0.15, 0.2) is 60.9 Å². The number of hydrogen-bond donors (Lipinski definition) is 1. The molecule has 25 heavy (non-hydrogen) atoms. The van der Waals surface area contributed by atoms with Gasteiger partial charge in [0.15, 0.2) is 0 Å². The van der Waals surface area contributed by atoms with Crippen LogP contribution in [0, 0.1) is 0 Å². The SMILES string of the molecule is FC(F)(F)Oc1ccc(Nc2ncc(-c3ccc(Cl)cc3)cn2)cc1. The summed E-state index contributed by atoms with van der Waals surface area (Å²) in [5.74, 6) is 0.0271. The van der Waals surface area contributed by atoms with Gasteiger partial charge >= 0.3 is 6.36 Å². The zero-order valence-electron chi connectivity index (χ0n) is 12.6. The molecule has 0 spiro atoms. The van der Waals surface area contributed by atoms with Crippen LogP contribution in [0.5, 0.6) is 5.75 Å². The first-order valence-electron chi connectivity index (χ1n) is 7.10. The van der Waals surface area contributed by atoms with Crippen molar-refractivity contribution in [2.45, 2.75) is 6.36 Å². The fourth-order valence-electron chi connectivity index (χ4n) is 2.05. The van der Waals surface area contributed by atoms with Gasteiger partial charge in [-0.1, -0.05) is 23.7 Å². The van der Waals surface area contributed by atoms with Crippen LogP contribution in [0.2, 0.25) is 5.02 Å². The quantitative estimate of drug-likeness (QED) is 0.668. The van der Waals surface area contributed by atoms with Crippen molar-refractivity contribution >= 4 is 23.2 Å². The Morgan fingerprint density at radius 2 is 1.44 bits per heavy atom. The van der Waals surface area contributed by atoms with Crippen molar-refractivity contribution < 1.29 is 17.9 Å². The normalized spacial score (nSPS) is 11.2. The lowest BCUT2D eigenvalue weighted by Gasteiger charge is -2.10. The van der Waals surface area contributed by atoms with Crippen LogP contribution in [0.4, 0.5) is 24.8 Å². The molecule has 8 heteroatoms. The second-order valence-electron chi connectivity index (χ2n) is 5.00. The number of anilines is 2. The summed E-state index contributed by atoms with van der Waals surface area (Å²) in [4.78, 5) is 8.38. The summed E-state index contributed by atoms with van der Waals surface area (Å²) in [6.45, 7) is 0. The minimum atomic E-state index is -4.71. The number of benzene rings is 2. The molecule has 1 N–H and O–H groups in total. The first kappa shape index (κ1) is 17.0. The van der Waals surface area contributed by atoms with E-state index in [4.69, 9.17) is 11.6 Å². The Bertz CT molecular complexity index is 835. The van der Waals surface area contributed by atoms with E-state index < -0.39 is 6.36 Å². The molecule has 0 aliphatic rings. The maximum absolute atomic E-state index is 12.1. The first-order valence-corrected chi connectivity index (χ1v) is 7.48. The van der Waals surface area contributed by atoms with Crippen LogP contribution < -0.4 is 10.1 Å². The van der Waals surface area contributed by atoms with E-state index >= 15 is 0 Å². The van der Waals surface area contributed by atoms with Crippen molar-refractivity contribution in [3.8, 4) is 16.9 Å². The number of halogens is 4. The molecule has 0 saturated heterocycles. The van der Waals surface area contributed by atoms with Crippen molar-refractivity contribution in [2.75, 3.05) is 5.32 Å². The largest absolute Gasteiger partial charge is 0.573 e. The van der Waals surface area contributed by atoms with Gasteiger partial charge in [-0.05, 0) is 42.0 Å². The van der Waals surface area contributed by atoms with Gasteiger partial charge < -0.3 is 10.1 Å². The topological polar surface area (TPSA) is 47.0 Å². The minimum Gasteiger partial charge on any atom is -0.406 e. The van der Waals surface area contributed by atoms with Crippen molar-refractivity contribution in [3.63, 3.8) is 0 Å². The average molecular weight is 366 g/mol. The van der Waals surface area contributed by atoms with E-state index in [1.54, 1.807) is 24.5 Å². The molecule has 0 radical (unpaired) electrons. The molecular weight excluding hydrogens is 355 g/mol. The maximum Gasteiger partial charge on any atom is 0.573 e. The standard InChI is InChI=1S/C17H11ClF3N3O/c18-13-3-1-11(2-4-13)12-9-22-16(23-10-12)24-14-5-7-15(8-6-14)25-17(19,20)21/h1-10H,(H,22,23,24). The predicted molar refractivity (Wildman–Crippen MR) is 88.9 cm³/mol. The van der Waals surface area contributed by atoms with Gasteiger partial charge in [0.05, 0.1) is 0 Å². The van der Waals surface area contributed by atoms with E-state index in [1.165, 1.54) is 24.3 Å². The van der Waals surface area contributed by atoms with Gasteiger partial charge in [0, 0.05) is 28.7 Å². The number of nitrogens with one attached hydrogen (secondary N) is 1. The Hall–Kier alpha value is -2.80. The zero-order chi connectivity index (χ0) is 17.9. The molecule has 0 saturated carbocycles. The molecular formula is C17H11ClF3N3O. The molecule has 1 heterocycles. The number of alkyl halides is 3. The Kier molecular flexibility index (Phi) is 4.76. The second-order valence-corrected chi connectivity index (χ2v) is 5.44. The lowest BCUT2D eigenvalue weighted by molar-refractivity contribution is -0.274. The molecule has 1 aromatic heterocycles. The summed E-state index contributed by atoms with van der Waals surface area (Å²) >= 11 is 5.85. The molecule has 4 nitrogen and oxygen atoms in total. The van der Waals surface area contributed by atoms with Crippen molar-refractivity contribution in [1.29, 1.82) is 0 Å². The molecule has 0 atom stereocenters. The van der Waals surface area contributed by atoms with Crippen LogP contribution in [-0.2, 0) is 0 Å². The molecule has 0 amide bonds. The average Bonchev–Trinajstić information content (AvgIpc) is 2.57. The van der Waals surface area contributed by atoms with Gasteiger partial charge in [0.25, 0.3) is 0 Å². The third kappa shape index (κ3) is 4.84. The summed E-state index contributed by atoms with van der Waals surface area (Å²) in [7, 11) is 0. The summed E-state index contributed by atoms with van der Waals surface area (Å²) in [5.41, 5.74) is 2.27. The van der Waals surface area contributed by atoms with Gasteiger partial charge in [-0.2, -0.15) is 0 Å². The molecule has 0 aliphatic carbocycles. The molecule has 3 rings (SSSR count). The number of ether oxygens (including phenoxy) is 1. The van der Waals surface area contributed by atoms with Crippen LogP contribution in [0.1, 0.15) is 0 Å². The Labute approximate surface area is 146 Å². The molecule has 128 valence electrons. The van der Waals surface area contributed by atoms with E-state index in [0.717, 1.165) is 11.1 Å². The van der Waals surface area contributed by atoms with E-state index in [0.29, 0.717) is 16.7 Å². The molecule has 0 aliphatic heterocycles. The number of nitrogens with zero attached hydrogens (tertiary/aromatic N) is 2. The highest BCUT2D eigenvalue weighted by Crippen LogP contribution is 2.25. The van der Waals surface area contributed by atoms with Crippen LogP contribution in [0.3, 0.4) is 0 Å². The molecule has 3 aromatic rings. The van der Waals surface area contributed by atoms with E-state index in [1.807, 2.05) is 12.1 Å². The van der Waals surface area contributed by atoms with Gasteiger partial charge in [-0.3, -0.25) is 0 Å². The number of hydrogen-bond acceptors (Lipinski definition) is 4. The Morgan fingerprint density at radius 3 is 2.00 bits per heavy atom. The first-order chi connectivity index (χ1) is 11.9. The summed E-state index contributed by atoms with van der Waals surface area (Å²) in [5, 5.41) is 3.54. The summed E-state index contributed by atoms with van der Waals surface area (Å²) in [6.07, 6.45) is -1.44. The van der Waals surface area contributed by atoms with Gasteiger partial charge in [0.1, 0.15) is 5.75 Å². The minimum absolute atomic E-state index is 0.294. The molecule has 0 bridgehead atoms. The van der Waals surface area contributed by atoms with Gasteiger partial charge in [0.2, 0.25) is 5.95 Å². The summed E-state index contributed by atoms with van der Waals surface area (Å²) in [6, 6.07) is 12.5. The van der Waals surface area contributed by atoms with Crippen molar-refractivity contribution in [1.82, 2.24) is 9.97 Å². The third-order valence-electron chi connectivity index (χ3n) is 3.17. The highest BCUT2D eigenvalue weighted by molar-refractivity contribution is 6.30. The van der Waals surface area contributed by atoms with Crippen molar-refractivity contribution in [3.05, 3.63) is 65.9 Å². The van der Waals surface area contributed by atoms with E-state index in [-0.39, 0.29) is 5.75 Å². The smallest absolute Gasteiger partial charge is 0.406 e. The molecule has 0 unspecified atom stereocenters. The highest BCUT2D eigenvalue weighted by Gasteiger charge is 2.30. The molecule has 2 aromatic carbocycles. The second kappa shape index (κ2) is 6.98. The molecule has 0 fully saturated rings. The van der Waals surface area contributed by atoms with Gasteiger partial charge in [-0.25, -0.2) is 9.97 Å². The fraction of sp³-hybridized carbons (Fsp3) is 0.0588. The lowest BCUT2D eigenvalue weighted by Crippen LogP contribution is -2.16. The Morgan fingerprint density at radius 1 is 0.840 bits per heavy atom. The van der Waals surface area contributed by atoms with Crippen LogP contribution >= 0.6 is 11.6 Å². The van der Waals surface area contributed by atoms with Crippen molar-refractivity contribution in [2.24, 2.45) is 0 Å². The Balaban J connectivity index is 1.68. The van der Waals surface area contributed by atoms with E-state index in [2.05, 4.69) is 20.0 Å². The zero-order valence-corrected chi connectivity index (χ0v) is 13.3. The van der Waals surface area contributed by atoms with Crippen LogP contribution in [-0.4, -0.2) is 16.3 Å².